The molecule has 2 aromatic carbocycles. The van der Waals surface area contributed by atoms with Gasteiger partial charge in [0.15, 0.2) is 0 Å². The lowest BCUT2D eigenvalue weighted by Crippen LogP contribution is -2.30. The van der Waals surface area contributed by atoms with E-state index in [1.807, 2.05) is 29.0 Å². The summed E-state index contributed by atoms with van der Waals surface area (Å²) in [4.78, 5) is 11.2. The van der Waals surface area contributed by atoms with Crippen LogP contribution in [0.4, 0.5) is 4.79 Å². The molecule has 0 heterocycles. The largest absolute Gasteiger partial charge is 0.452 e. The molecule has 20 heavy (non-hydrogen) atoms. The minimum absolute atomic E-state index is 0.0784. The maximum Gasteiger partial charge on any atom is 0.420 e. The van der Waals surface area contributed by atoms with E-state index in [0.29, 0.717) is 5.56 Å². The molecule has 102 valence electrons. The van der Waals surface area contributed by atoms with Gasteiger partial charge in [-0.05, 0) is 22.4 Å². The summed E-state index contributed by atoms with van der Waals surface area (Å²) in [6.07, 6.45) is 0.553. The van der Waals surface area contributed by atoms with Crippen LogP contribution >= 0.6 is 0 Å². The Morgan fingerprint density at radius 3 is 2.55 bits per heavy atom. The third-order valence-corrected chi connectivity index (χ3v) is 4.53. The van der Waals surface area contributed by atoms with Gasteiger partial charge in [-0.15, -0.1) is 0 Å². The lowest BCUT2D eigenvalue weighted by Gasteiger charge is -2.08. The van der Waals surface area contributed by atoms with Crippen LogP contribution in [0, 0.1) is 0 Å². The Hall–Kier alpha value is -2.34. The number of sulfonamides is 1. The number of ether oxygens (including phenoxy) is 1. The van der Waals surface area contributed by atoms with E-state index >= 15 is 0 Å². The van der Waals surface area contributed by atoms with Crippen molar-refractivity contribution in [2.45, 2.75) is 0 Å². The second-order valence-electron chi connectivity index (χ2n) is 4.36. The number of benzene rings is 2. The van der Waals surface area contributed by atoms with Crippen molar-refractivity contribution in [1.82, 2.24) is 4.72 Å². The second kappa shape index (κ2) is 4.35. The molecule has 0 saturated carbocycles. The van der Waals surface area contributed by atoms with Gasteiger partial charge in [-0.3, -0.25) is 0 Å². The van der Waals surface area contributed by atoms with Crippen LogP contribution in [-0.4, -0.2) is 21.6 Å². The van der Waals surface area contributed by atoms with Gasteiger partial charge in [-0.1, -0.05) is 36.4 Å². The lowest BCUT2D eigenvalue weighted by molar-refractivity contribution is 0.178. The van der Waals surface area contributed by atoms with E-state index in [4.69, 9.17) is 0 Å². The maximum absolute atomic E-state index is 12.2. The molecule has 0 unspecified atom stereocenters. The van der Waals surface area contributed by atoms with Crippen LogP contribution in [-0.2, 0) is 14.8 Å². The molecule has 3 rings (SSSR count). The van der Waals surface area contributed by atoms with Crippen LogP contribution in [0.3, 0.4) is 0 Å². The molecule has 0 aliphatic heterocycles. The van der Waals surface area contributed by atoms with Gasteiger partial charge in [-0.2, -0.15) is 0 Å². The van der Waals surface area contributed by atoms with Gasteiger partial charge in [-0.25, -0.2) is 17.9 Å². The normalized spacial score (nSPS) is 13.2. The first-order valence-electron chi connectivity index (χ1n) is 5.87. The summed E-state index contributed by atoms with van der Waals surface area (Å²) in [7, 11) is -2.83. The molecule has 0 bridgehead atoms. The SMILES string of the molecule is COC(=O)NS(=O)(=O)C1=Cc2cccc3cccc1c23. The average molecular weight is 289 g/mol. The van der Waals surface area contributed by atoms with Crippen molar-refractivity contribution in [3.05, 3.63) is 47.5 Å². The third kappa shape index (κ3) is 1.85. The number of amides is 1. The van der Waals surface area contributed by atoms with E-state index in [9.17, 15) is 13.2 Å². The van der Waals surface area contributed by atoms with Gasteiger partial charge < -0.3 is 4.74 Å². The number of hydrogen-bond donors (Lipinski definition) is 1. The van der Waals surface area contributed by atoms with E-state index in [-0.39, 0.29) is 4.91 Å². The van der Waals surface area contributed by atoms with E-state index in [0.717, 1.165) is 23.4 Å². The molecule has 2 aromatic rings. The molecule has 5 nitrogen and oxygen atoms in total. The first kappa shape index (κ1) is 12.7. The molecule has 6 heteroatoms. The molecule has 0 saturated heterocycles. The van der Waals surface area contributed by atoms with Crippen molar-refractivity contribution < 1.29 is 17.9 Å². The standard InChI is InChI=1S/C14H11NO4S/c1-19-14(16)15-20(17,18)12-8-10-6-2-4-9-5-3-7-11(12)13(9)10/h2-8H,1H3,(H,15,16). The summed E-state index contributed by atoms with van der Waals surface area (Å²) in [5.41, 5.74) is 1.41. The van der Waals surface area contributed by atoms with E-state index in [1.165, 1.54) is 0 Å². The Kier molecular flexibility index (Phi) is 2.76. The fourth-order valence-corrected chi connectivity index (χ4v) is 3.50. The number of hydrogen-bond acceptors (Lipinski definition) is 4. The lowest BCUT2D eigenvalue weighted by atomic mass is 10.0. The number of methoxy groups -OCH3 is 1. The maximum atomic E-state index is 12.2. The fourth-order valence-electron chi connectivity index (χ4n) is 2.34. The topological polar surface area (TPSA) is 72.5 Å². The molecule has 1 amide bonds. The van der Waals surface area contributed by atoms with Crippen LogP contribution in [0.2, 0.25) is 0 Å². The van der Waals surface area contributed by atoms with Crippen LogP contribution in [0.1, 0.15) is 11.1 Å². The Morgan fingerprint density at radius 1 is 1.15 bits per heavy atom. The van der Waals surface area contributed by atoms with Crippen LogP contribution in [0.15, 0.2) is 36.4 Å². The fraction of sp³-hybridized carbons (Fsp3) is 0.0714. The number of rotatable bonds is 2. The van der Waals surface area contributed by atoms with Gasteiger partial charge in [0, 0.05) is 5.56 Å². The molecule has 1 aliphatic rings. The van der Waals surface area contributed by atoms with Gasteiger partial charge >= 0.3 is 6.09 Å². The van der Waals surface area contributed by atoms with Crippen LogP contribution in [0.5, 0.6) is 0 Å². The van der Waals surface area contributed by atoms with Crippen molar-refractivity contribution >= 4 is 37.9 Å². The summed E-state index contributed by atoms with van der Waals surface area (Å²) in [5.74, 6) is 0. The molecule has 0 spiro atoms. The zero-order valence-electron chi connectivity index (χ0n) is 10.6. The quantitative estimate of drug-likeness (QED) is 0.921. The smallest absolute Gasteiger partial charge is 0.420 e. The summed E-state index contributed by atoms with van der Waals surface area (Å²) >= 11 is 0. The predicted octanol–water partition coefficient (Wildman–Crippen LogP) is 2.34. The van der Waals surface area contributed by atoms with Crippen LogP contribution < -0.4 is 4.72 Å². The molecule has 1 N–H and O–H groups in total. The summed E-state index contributed by atoms with van der Waals surface area (Å²) in [6, 6.07) is 11.0. The van der Waals surface area contributed by atoms with Gasteiger partial charge in [0.2, 0.25) is 0 Å². The zero-order chi connectivity index (χ0) is 14.3. The highest BCUT2D eigenvalue weighted by atomic mass is 32.2. The second-order valence-corrected chi connectivity index (χ2v) is 6.01. The van der Waals surface area contributed by atoms with Crippen molar-refractivity contribution in [3.8, 4) is 0 Å². The Labute approximate surface area is 115 Å². The Balaban J connectivity index is 2.16. The predicted molar refractivity (Wildman–Crippen MR) is 76.3 cm³/mol. The average Bonchev–Trinajstić information content (AvgIpc) is 2.81. The first-order chi connectivity index (χ1) is 9.53. The molecular formula is C14H11NO4S. The highest BCUT2D eigenvalue weighted by Gasteiger charge is 2.28. The van der Waals surface area contributed by atoms with Gasteiger partial charge in [0.25, 0.3) is 10.0 Å². The van der Waals surface area contributed by atoms with Crippen molar-refractivity contribution in [1.29, 1.82) is 0 Å². The minimum Gasteiger partial charge on any atom is -0.452 e. The van der Waals surface area contributed by atoms with Crippen molar-refractivity contribution in [3.63, 3.8) is 0 Å². The zero-order valence-corrected chi connectivity index (χ0v) is 11.4. The molecule has 0 radical (unpaired) electrons. The molecule has 1 aliphatic carbocycles. The molecule has 0 atom stereocenters. The van der Waals surface area contributed by atoms with Gasteiger partial charge in [0.1, 0.15) is 0 Å². The first-order valence-corrected chi connectivity index (χ1v) is 7.36. The Morgan fingerprint density at radius 2 is 1.85 bits per heavy atom. The third-order valence-electron chi connectivity index (χ3n) is 3.18. The van der Waals surface area contributed by atoms with E-state index in [1.54, 1.807) is 18.2 Å². The Bertz CT molecular complexity index is 847. The number of carbonyl (C=O) groups is 1. The summed E-state index contributed by atoms with van der Waals surface area (Å²) in [6.45, 7) is 0. The minimum atomic E-state index is -3.95. The molecule has 0 fully saturated rings. The van der Waals surface area contributed by atoms with E-state index < -0.39 is 16.1 Å². The molecular weight excluding hydrogens is 278 g/mol. The van der Waals surface area contributed by atoms with Crippen molar-refractivity contribution in [2.75, 3.05) is 7.11 Å². The van der Waals surface area contributed by atoms with E-state index in [2.05, 4.69) is 4.74 Å². The molecule has 0 aromatic heterocycles. The number of carbonyl (C=O) groups excluding carboxylic acids is 1. The highest BCUT2D eigenvalue weighted by Crippen LogP contribution is 2.38. The summed E-state index contributed by atoms with van der Waals surface area (Å²) < 4.78 is 30.7. The van der Waals surface area contributed by atoms with Gasteiger partial charge in [0.05, 0.1) is 12.0 Å². The van der Waals surface area contributed by atoms with Crippen molar-refractivity contribution in [2.24, 2.45) is 0 Å². The monoisotopic (exact) mass is 289 g/mol. The van der Waals surface area contributed by atoms with Crippen LogP contribution in [0.25, 0.3) is 21.8 Å². The summed E-state index contributed by atoms with van der Waals surface area (Å²) in [5, 5.41) is 1.83. The number of nitrogens with one attached hydrogen (secondary N) is 1. The highest BCUT2D eigenvalue weighted by molar-refractivity contribution is 7.99.